The summed E-state index contributed by atoms with van der Waals surface area (Å²) in [7, 11) is 0. The summed E-state index contributed by atoms with van der Waals surface area (Å²) in [5, 5.41) is 4.29. The average molecular weight is 294 g/mol. The first-order valence-corrected chi connectivity index (χ1v) is 8.43. The van der Waals surface area contributed by atoms with Gasteiger partial charge in [-0.05, 0) is 36.8 Å². The van der Waals surface area contributed by atoms with Crippen LogP contribution in [0, 0.1) is 11.8 Å². The molecule has 3 heteroatoms. The lowest BCUT2D eigenvalue weighted by molar-refractivity contribution is 0.0930. The van der Waals surface area contributed by atoms with E-state index in [1.165, 1.54) is 25.7 Å². The average Bonchev–Trinajstić information content (AvgIpc) is 3.43. The highest BCUT2D eigenvalue weighted by Gasteiger charge is 2.31. The Bertz CT molecular complexity index is 675. The van der Waals surface area contributed by atoms with Crippen molar-refractivity contribution in [3.8, 4) is 0 Å². The second kappa shape index (κ2) is 5.71. The fourth-order valence-corrected chi connectivity index (χ4v) is 3.19. The van der Waals surface area contributed by atoms with Crippen molar-refractivity contribution in [1.82, 2.24) is 10.3 Å². The maximum absolute atomic E-state index is 12.6. The van der Waals surface area contributed by atoms with Gasteiger partial charge in [0, 0.05) is 17.6 Å². The van der Waals surface area contributed by atoms with Crippen molar-refractivity contribution in [2.24, 2.45) is 11.8 Å². The number of nitrogens with zero attached hydrogens (tertiary/aromatic N) is 1. The molecule has 0 spiro atoms. The molecule has 2 saturated carbocycles. The molecule has 1 heterocycles. The third-order valence-corrected chi connectivity index (χ3v) is 4.82. The van der Waals surface area contributed by atoms with Crippen molar-refractivity contribution in [1.29, 1.82) is 0 Å². The summed E-state index contributed by atoms with van der Waals surface area (Å²) < 4.78 is 0. The molecule has 1 amide bonds. The number of hydrogen-bond donors (Lipinski definition) is 1. The topological polar surface area (TPSA) is 42.0 Å². The van der Waals surface area contributed by atoms with Crippen LogP contribution in [-0.4, -0.2) is 16.9 Å². The zero-order valence-electron chi connectivity index (χ0n) is 12.8. The van der Waals surface area contributed by atoms with E-state index in [0.29, 0.717) is 11.6 Å². The molecule has 0 unspecified atom stereocenters. The zero-order chi connectivity index (χ0) is 14.9. The van der Waals surface area contributed by atoms with E-state index in [-0.39, 0.29) is 5.91 Å². The van der Waals surface area contributed by atoms with Gasteiger partial charge in [-0.1, -0.05) is 43.9 Å². The van der Waals surface area contributed by atoms with Gasteiger partial charge >= 0.3 is 0 Å². The molecule has 0 radical (unpaired) electrons. The number of para-hydroxylation sites is 1. The number of fused-ring (bicyclic) bond motifs is 1. The fraction of sp³-hybridized carbons (Fsp3) is 0.474. The first kappa shape index (κ1) is 13.7. The molecule has 3 nitrogen and oxygen atoms in total. The van der Waals surface area contributed by atoms with Crippen LogP contribution in [0.1, 0.15) is 48.9 Å². The minimum Gasteiger partial charge on any atom is -0.349 e. The third kappa shape index (κ3) is 3.29. The lowest BCUT2D eigenvalue weighted by atomic mass is 10.0. The maximum Gasteiger partial charge on any atom is 0.253 e. The van der Waals surface area contributed by atoms with Crippen LogP contribution in [-0.2, 0) is 0 Å². The van der Waals surface area contributed by atoms with Gasteiger partial charge in [-0.2, -0.15) is 0 Å². The third-order valence-electron chi connectivity index (χ3n) is 4.82. The fourth-order valence-electron chi connectivity index (χ4n) is 3.19. The number of hydrogen-bond acceptors (Lipinski definition) is 2. The van der Waals surface area contributed by atoms with Crippen LogP contribution < -0.4 is 5.32 Å². The minimum atomic E-state index is 0.0320. The van der Waals surface area contributed by atoms with E-state index in [9.17, 15) is 4.79 Å². The zero-order valence-corrected chi connectivity index (χ0v) is 12.8. The Kier molecular flexibility index (Phi) is 3.57. The van der Waals surface area contributed by atoms with Crippen LogP contribution in [0.4, 0.5) is 0 Å². The van der Waals surface area contributed by atoms with Gasteiger partial charge in [0.05, 0.1) is 11.1 Å². The molecule has 2 fully saturated rings. The summed E-state index contributed by atoms with van der Waals surface area (Å²) in [4.78, 5) is 16.9. The van der Waals surface area contributed by atoms with Gasteiger partial charge in [0.15, 0.2) is 0 Å². The van der Waals surface area contributed by atoms with Crippen LogP contribution in [0.5, 0.6) is 0 Å². The second-order valence-electron chi connectivity index (χ2n) is 6.95. The lowest BCUT2D eigenvalue weighted by Crippen LogP contribution is -2.35. The van der Waals surface area contributed by atoms with Gasteiger partial charge < -0.3 is 5.32 Å². The molecule has 2 aromatic rings. The summed E-state index contributed by atoms with van der Waals surface area (Å²) in [5.41, 5.74) is 1.61. The highest BCUT2D eigenvalue weighted by Crippen LogP contribution is 2.39. The van der Waals surface area contributed by atoms with Crippen molar-refractivity contribution in [3.05, 3.63) is 42.1 Å². The highest BCUT2D eigenvalue weighted by atomic mass is 16.1. The Morgan fingerprint density at radius 1 is 1.14 bits per heavy atom. The van der Waals surface area contributed by atoms with Gasteiger partial charge in [-0.3, -0.25) is 9.78 Å². The number of benzene rings is 1. The Hall–Kier alpha value is -1.90. The van der Waals surface area contributed by atoms with Crippen molar-refractivity contribution in [3.63, 3.8) is 0 Å². The summed E-state index contributed by atoms with van der Waals surface area (Å²) in [5.74, 6) is 1.72. The van der Waals surface area contributed by atoms with Crippen LogP contribution in [0.15, 0.2) is 36.5 Å². The Labute approximate surface area is 131 Å². The quantitative estimate of drug-likeness (QED) is 0.877. The number of aromatic nitrogens is 1. The smallest absolute Gasteiger partial charge is 0.253 e. The van der Waals surface area contributed by atoms with Crippen molar-refractivity contribution < 1.29 is 4.79 Å². The van der Waals surface area contributed by atoms with Gasteiger partial charge in [-0.15, -0.1) is 0 Å². The molecule has 0 bridgehead atoms. The Morgan fingerprint density at radius 3 is 2.50 bits per heavy atom. The van der Waals surface area contributed by atoms with Crippen LogP contribution in [0.2, 0.25) is 0 Å². The Morgan fingerprint density at radius 2 is 1.82 bits per heavy atom. The summed E-state index contributed by atoms with van der Waals surface area (Å²) in [6, 6.07) is 10.2. The molecule has 22 heavy (non-hydrogen) atoms. The predicted molar refractivity (Wildman–Crippen MR) is 87.7 cm³/mol. The molecule has 2 aliphatic rings. The van der Waals surface area contributed by atoms with Gasteiger partial charge in [0.25, 0.3) is 5.91 Å². The molecule has 0 saturated heterocycles. The lowest BCUT2D eigenvalue weighted by Gasteiger charge is -2.18. The number of pyridine rings is 1. The number of nitrogens with one attached hydrogen (secondary N) is 1. The van der Waals surface area contributed by atoms with Crippen LogP contribution in [0.25, 0.3) is 10.9 Å². The predicted octanol–water partition coefficient (Wildman–Crippen LogP) is 3.93. The minimum absolute atomic E-state index is 0.0320. The largest absolute Gasteiger partial charge is 0.349 e. The van der Waals surface area contributed by atoms with Gasteiger partial charge in [0.2, 0.25) is 0 Å². The van der Waals surface area contributed by atoms with Gasteiger partial charge in [-0.25, -0.2) is 0 Å². The normalized spacial score (nSPS) is 17.9. The van der Waals surface area contributed by atoms with E-state index >= 15 is 0 Å². The number of amides is 1. The summed E-state index contributed by atoms with van der Waals surface area (Å²) in [6.45, 7) is 0. The SMILES string of the molecule is O=C(NC(CC1CC1)CC1CC1)c1cnc2ccccc2c1. The molecular weight excluding hydrogens is 272 g/mol. The highest BCUT2D eigenvalue weighted by molar-refractivity contribution is 5.97. The molecule has 1 aromatic heterocycles. The monoisotopic (exact) mass is 294 g/mol. The molecule has 0 aliphatic heterocycles. The summed E-state index contributed by atoms with van der Waals surface area (Å²) >= 11 is 0. The molecule has 4 rings (SSSR count). The summed E-state index contributed by atoms with van der Waals surface area (Å²) in [6.07, 6.45) is 9.38. The van der Waals surface area contributed by atoms with Crippen molar-refractivity contribution in [2.75, 3.05) is 0 Å². The molecule has 1 N–H and O–H groups in total. The molecule has 114 valence electrons. The van der Waals surface area contributed by atoms with E-state index in [0.717, 1.165) is 35.6 Å². The van der Waals surface area contributed by atoms with E-state index in [1.807, 2.05) is 30.3 Å². The van der Waals surface area contributed by atoms with E-state index in [2.05, 4.69) is 10.3 Å². The van der Waals surface area contributed by atoms with Crippen LogP contribution in [0.3, 0.4) is 0 Å². The Balaban J connectivity index is 1.47. The van der Waals surface area contributed by atoms with E-state index in [1.54, 1.807) is 6.20 Å². The van der Waals surface area contributed by atoms with Gasteiger partial charge in [0.1, 0.15) is 0 Å². The first-order chi connectivity index (χ1) is 10.8. The number of rotatable bonds is 6. The molecular formula is C19H22N2O. The second-order valence-corrected chi connectivity index (χ2v) is 6.95. The first-order valence-electron chi connectivity index (χ1n) is 8.43. The molecule has 2 aliphatic carbocycles. The van der Waals surface area contributed by atoms with E-state index < -0.39 is 0 Å². The van der Waals surface area contributed by atoms with Crippen molar-refractivity contribution in [2.45, 2.75) is 44.6 Å². The maximum atomic E-state index is 12.6. The van der Waals surface area contributed by atoms with Crippen LogP contribution >= 0.6 is 0 Å². The number of carbonyl (C=O) groups excluding carboxylic acids is 1. The number of carbonyl (C=O) groups is 1. The molecule has 1 aromatic carbocycles. The van der Waals surface area contributed by atoms with Crippen molar-refractivity contribution >= 4 is 16.8 Å². The molecule has 0 atom stereocenters. The van der Waals surface area contributed by atoms with E-state index in [4.69, 9.17) is 0 Å². The standard InChI is InChI=1S/C19H22N2O/c22-19(16-11-15-3-1-2-4-18(15)20-12-16)21-17(9-13-5-6-13)10-14-7-8-14/h1-4,11-14,17H,5-10H2,(H,21,22).